The van der Waals surface area contributed by atoms with Gasteiger partial charge < -0.3 is 0 Å². The number of hydrogen-bond acceptors (Lipinski definition) is 1. The first-order valence-electron chi connectivity index (χ1n) is 7.27. The van der Waals surface area contributed by atoms with Crippen molar-refractivity contribution in [2.45, 2.75) is 0 Å². The first-order chi connectivity index (χ1) is 11.3. The lowest BCUT2D eigenvalue weighted by Gasteiger charge is -2.07. The second-order valence-corrected chi connectivity index (χ2v) is 6.31. The van der Waals surface area contributed by atoms with Crippen molar-refractivity contribution < 1.29 is 8.78 Å². The quantitative estimate of drug-likeness (QED) is 0.394. The first kappa shape index (κ1) is 14.1. The smallest absolute Gasteiger partial charge is 0.131 e. The molecule has 0 saturated carbocycles. The van der Waals surface area contributed by atoms with E-state index in [2.05, 4.69) is 0 Å². The number of fused-ring (bicyclic) bond motifs is 1. The normalized spacial score (nSPS) is 11.0. The van der Waals surface area contributed by atoms with Crippen molar-refractivity contribution in [2.75, 3.05) is 0 Å². The fourth-order valence-electron chi connectivity index (χ4n) is 2.81. The van der Waals surface area contributed by atoms with Gasteiger partial charge in [-0.3, -0.25) is 0 Å². The first-order valence-corrected chi connectivity index (χ1v) is 8.08. The third-order valence-electron chi connectivity index (χ3n) is 3.86. The zero-order chi connectivity index (χ0) is 15.8. The Labute approximate surface area is 136 Å². The summed E-state index contributed by atoms with van der Waals surface area (Å²) in [6, 6.07) is 21.1. The number of rotatable bonds is 2. The average Bonchev–Trinajstić information content (AvgIpc) is 2.95. The molecule has 112 valence electrons. The lowest BCUT2D eigenvalue weighted by atomic mass is 9.98. The summed E-state index contributed by atoms with van der Waals surface area (Å²) in [6.07, 6.45) is 0. The molecule has 0 aliphatic heterocycles. The van der Waals surface area contributed by atoms with Gasteiger partial charge in [0.15, 0.2) is 0 Å². The van der Waals surface area contributed by atoms with Gasteiger partial charge in [-0.15, -0.1) is 11.3 Å². The molecule has 0 saturated heterocycles. The van der Waals surface area contributed by atoms with E-state index >= 15 is 0 Å². The number of halogens is 2. The summed E-state index contributed by atoms with van der Waals surface area (Å²) in [5.41, 5.74) is 1.77. The maximum Gasteiger partial charge on any atom is 0.131 e. The fourth-order valence-corrected chi connectivity index (χ4v) is 4.06. The Balaban J connectivity index is 2.12. The van der Waals surface area contributed by atoms with Crippen molar-refractivity contribution in [1.82, 2.24) is 0 Å². The molecule has 0 aliphatic carbocycles. The Morgan fingerprint density at radius 2 is 1.17 bits per heavy atom. The molecule has 0 atom stereocenters. The SMILES string of the molecule is Fc1ccccc1-c1sc2ccccc2c1-c1ccccc1F. The van der Waals surface area contributed by atoms with E-state index in [4.69, 9.17) is 0 Å². The van der Waals surface area contributed by atoms with Crippen LogP contribution < -0.4 is 0 Å². The maximum atomic E-state index is 14.4. The Bertz CT molecular complexity index is 1000. The van der Waals surface area contributed by atoms with E-state index in [0.717, 1.165) is 20.5 Å². The molecule has 3 aromatic carbocycles. The van der Waals surface area contributed by atoms with E-state index < -0.39 is 0 Å². The summed E-state index contributed by atoms with van der Waals surface area (Å²) in [7, 11) is 0. The number of benzene rings is 3. The van der Waals surface area contributed by atoms with Gasteiger partial charge in [0.05, 0.1) is 0 Å². The van der Waals surface area contributed by atoms with Gasteiger partial charge in [-0.05, 0) is 18.2 Å². The molecule has 4 aromatic rings. The van der Waals surface area contributed by atoms with Crippen LogP contribution in [0.3, 0.4) is 0 Å². The lowest BCUT2D eigenvalue weighted by molar-refractivity contribution is 0.630. The van der Waals surface area contributed by atoms with Crippen LogP contribution in [-0.2, 0) is 0 Å². The van der Waals surface area contributed by atoms with Gasteiger partial charge in [0.25, 0.3) is 0 Å². The molecule has 0 N–H and O–H groups in total. The van der Waals surface area contributed by atoms with Crippen molar-refractivity contribution in [2.24, 2.45) is 0 Å². The third-order valence-corrected chi connectivity index (χ3v) is 5.06. The Hall–Kier alpha value is -2.52. The van der Waals surface area contributed by atoms with E-state index in [9.17, 15) is 8.78 Å². The standard InChI is InChI=1S/C20H12F2S/c21-16-10-4-1-7-13(16)19-15-9-3-6-12-18(15)23-20(19)14-8-2-5-11-17(14)22/h1-12H. The summed E-state index contributed by atoms with van der Waals surface area (Å²) < 4.78 is 29.7. The Morgan fingerprint density at radius 3 is 1.87 bits per heavy atom. The maximum absolute atomic E-state index is 14.4. The molecule has 23 heavy (non-hydrogen) atoms. The van der Waals surface area contributed by atoms with Crippen LogP contribution in [0.4, 0.5) is 8.78 Å². The second kappa shape index (κ2) is 5.60. The van der Waals surface area contributed by atoms with Crippen LogP contribution in [0.1, 0.15) is 0 Å². The highest BCUT2D eigenvalue weighted by atomic mass is 32.1. The summed E-state index contributed by atoms with van der Waals surface area (Å²) >= 11 is 1.49. The van der Waals surface area contributed by atoms with Gasteiger partial charge in [-0.25, -0.2) is 8.78 Å². The molecule has 0 fully saturated rings. The van der Waals surface area contributed by atoms with Crippen LogP contribution in [0.25, 0.3) is 31.7 Å². The minimum atomic E-state index is -0.298. The van der Waals surface area contributed by atoms with E-state index in [1.807, 2.05) is 24.3 Å². The van der Waals surface area contributed by atoms with Gasteiger partial charge in [0.2, 0.25) is 0 Å². The fraction of sp³-hybridized carbons (Fsp3) is 0. The van der Waals surface area contributed by atoms with E-state index in [-0.39, 0.29) is 11.6 Å². The highest BCUT2D eigenvalue weighted by Gasteiger charge is 2.19. The van der Waals surface area contributed by atoms with Gasteiger partial charge in [0, 0.05) is 31.7 Å². The van der Waals surface area contributed by atoms with Gasteiger partial charge in [-0.1, -0.05) is 54.6 Å². The van der Waals surface area contributed by atoms with Gasteiger partial charge >= 0.3 is 0 Å². The van der Waals surface area contributed by atoms with E-state index in [1.54, 1.807) is 36.4 Å². The topological polar surface area (TPSA) is 0 Å². The second-order valence-electron chi connectivity index (χ2n) is 5.26. The highest BCUT2D eigenvalue weighted by Crippen LogP contribution is 2.45. The summed E-state index contributed by atoms with van der Waals surface area (Å²) in [4.78, 5) is 0.759. The predicted molar refractivity (Wildman–Crippen MR) is 92.6 cm³/mol. The van der Waals surface area contributed by atoms with Crippen molar-refractivity contribution in [3.05, 3.63) is 84.4 Å². The summed E-state index contributed by atoms with van der Waals surface area (Å²) in [5.74, 6) is -0.592. The minimum absolute atomic E-state index is 0.295. The molecule has 0 bridgehead atoms. The van der Waals surface area contributed by atoms with Crippen molar-refractivity contribution in [1.29, 1.82) is 0 Å². The minimum Gasteiger partial charge on any atom is -0.206 e. The zero-order valence-corrected chi connectivity index (χ0v) is 12.9. The molecular formula is C20H12F2S. The molecule has 0 nitrogen and oxygen atoms in total. The predicted octanol–water partition coefficient (Wildman–Crippen LogP) is 6.51. The Morgan fingerprint density at radius 1 is 0.609 bits per heavy atom. The molecule has 0 aliphatic rings. The van der Waals surface area contributed by atoms with Gasteiger partial charge in [0.1, 0.15) is 11.6 Å². The van der Waals surface area contributed by atoms with Gasteiger partial charge in [-0.2, -0.15) is 0 Å². The van der Waals surface area contributed by atoms with Crippen LogP contribution in [0.5, 0.6) is 0 Å². The summed E-state index contributed by atoms with van der Waals surface area (Å²) in [5, 5.41) is 0.945. The average molecular weight is 322 g/mol. The Kier molecular flexibility index (Phi) is 3.43. The molecule has 0 radical (unpaired) electrons. The van der Waals surface area contributed by atoms with E-state index in [1.165, 1.54) is 23.5 Å². The molecule has 0 amide bonds. The third kappa shape index (κ3) is 2.34. The van der Waals surface area contributed by atoms with Crippen molar-refractivity contribution >= 4 is 21.4 Å². The molecule has 0 unspecified atom stereocenters. The molecule has 1 heterocycles. The number of thiophene rings is 1. The van der Waals surface area contributed by atoms with Crippen LogP contribution >= 0.6 is 11.3 Å². The zero-order valence-electron chi connectivity index (χ0n) is 12.1. The lowest BCUT2D eigenvalue weighted by Crippen LogP contribution is -1.87. The van der Waals surface area contributed by atoms with Crippen molar-refractivity contribution in [3.8, 4) is 21.6 Å². The summed E-state index contributed by atoms with van der Waals surface area (Å²) in [6.45, 7) is 0. The number of hydrogen-bond donors (Lipinski definition) is 0. The molecule has 1 aromatic heterocycles. The highest BCUT2D eigenvalue weighted by molar-refractivity contribution is 7.23. The van der Waals surface area contributed by atoms with Crippen LogP contribution in [0.2, 0.25) is 0 Å². The van der Waals surface area contributed by atoms with E-state index in [0.29, 0.717) is 11.1 Å². The monoisotopic (exact) mass is 322 g/mol. The van der Waals surface area contributed by atoms with Crippen LogP contribution in [0, 0.1) is 11.6 Å². The van der Waals surface area contributed by atoms with Crippen molar-refractivity contribution in [3.63, 3.8) is 0 Å². The van der Waals surface area contributed by atoms with Crippen LogP contribution in [-0.4, -0.2) is 0 Å². The molecule has 0 spiro atoms. The van der Waals surface area contributed by atoms with Crippen LogP contribution in [0.15, 0.2) is 72.8 Å². The largest absolute Gasteiger partial charge is 0.206 e. The molecule has 3 heteroatoms. The molecular weight excluding hydrogens is 310 g/mol. The molecule has 4 rings (SSSR count).